The molecule has 1 N–H and O–H groups in total. The lowest BCUT2D eigenvalue weighted by molar-refractivity contribution is -0.144. The molecule has 1 heterocycles. The molecular weight excluding hydrogens is 432 g/mol. The number of benzene rings is 1. The number of methoxy groups -OCH3 is 2. The van der Waals surface area contributed by atoms with Gasteiger partial charge in [0.1, 0.15) is 11.8 Å². The van der Waals surface area contributed by atoms with Crippen LogP contribution in [0.1, 0.15) is 12.8 Å². The van der Waals surface area contributed by atoms with Crippen molar-refractivity contribution >= 4 is 37.6 Å². The molecule has 1 saturated heterocycles. The number of hydrogen-bond donors (Lipinski definition) is 1. The fourth-order valence-electron chi connectivity index (χ4n) is 2.95. The number of nitrogens with one attached hydrogen (secondary N) is 1. The average Bonchev–Trinajstić information content (AvgIpc) is 3.09. The first kappa shape index (κ1) is 22.9. The maximum absolute atomic E-state index is 13.0. The fourth-order valence-corrected chi connectivity index (χ4v) is 6.19. The minimum absolute atomic E-state index is 0.0256. The molecule has 1 aromatic carbocycles. The van der Waals surface area contributed by atoms with E-state index in [2.05, 4.69) is 4.72 Å². The van der Waals surface area contributed by atoms with Gasteiger partial charge in [-0.25, -0.2) is 21.6 Å². The average molecular weight is 455 g/mol. The Morgan fingerprint density at radius 1 is 1.21 bits per heavy atom. The van der Waals surface area contributed by atoms with Crippen molar-refractivity contribution in [3.63, 3.8) is 0 Å². The van der Waals surface area contributed by atoms with E-state index >= 15 is 0 Å². The molecule has 158 valence electrons. The second kappa shape index (κ2) is 9.40. The molecule has 0 aliphatic carbocycles. The Morgan fingerprint density at radius 3 is 2.39 bits per heavy atom. The van der Waals surface area contributed by atoms with Crippen molar-refractivity contribution in [2.75, 3.05) is 32.4 Å². The molecule has 1 aromatic rings. The number of nitrogens with zero attached hydrogens (tertiary/aromatic N) is 1. The van der Waals surface area contributed by atoms with Crippen molar-refractivity contribution in [1.82, 2.24) is 9.03 Å². The van der Waals surface area contributed by atoms with Crippen molar-refractivity contribution in [3.8, 4) is 5.75 Å². The fraction of sp³-hybridized carbons (Fsp3) is 0.562. The van der Waals surface area contributed by atoms with Crippen LogP contribution in [0.2, 0.25) is 0 Å². The third-order valence-electron chi connectivity index (χ3n) is 4.29. The summed E-state index contributed by atoms with van der Waals surface area (Å²) in [7, 11) is -5.09. The summed E-state index contributed by atoms with van der Waals surface area (Å²) in [5.74, 6) is -0.260. The monoisotopic (exact) mass is 454 g/mol. The van der Waals surface area contributed by atoms with Gasteiger partial charge in [-0.3, -0.25) is 4.79 Å². The van der Waals surface area contributed by atoms with E-state index in [0.717, 1.165) is 11.4 Å². The Balaban J connectivity index is 2.27. The van der Waals surface area contributed by atoms with Gasteiger partial charge in [0.25, 0.3) is 0 Å². The first-order valence-corrected chi connectivity index (χ1v) is 12.1. The van der Waals surface area contributed by atoms with Crippen LogP contribution in [0.15, 0.2) is 29.2 Å². The summed E-state index contributed by atoms with van der Waals surface area (Å²) in [4.78, 5) is 12.1. The van der Waals surface area contributed by atoms with Crippen LogP contribution < -0.4 is 9.46 Å². The summed E-state index contributed by atoms with van der Waals surface area (Å²) in [6.07, 6.45) is 0.236. The van der Waals surface area contributed by atoms with Gasteiger partial charge in [-0.1, -0.05) is 0 Å². The molecule has 12 heteroatoms. The quantitative estimate of drug-likeness (QED) is 0.427. The van der Waals surface area contributed by atoms with Crippen molar-refractivity contribution in [1.29, 1.82) is 0 Å². The molecule has 9 nitrogen and oxygen atoms in total. The number of halogens is 1. The molecule has 0 amide bonds. The van der Waals surface area contributed by atoms with E-state index in [-0.39, 0.29) is 35.9 Å². The summed E-state index contributed by atoms with van der Waals surface area (Å²) in [5, 5.41) is 0. The second-order valence-corrected chi connectivity index (χ2v) is 10.3. The molecule has 0 saturated carbocycles. The van der Waals surface area contributed by atoms with Gasteiger partial charge in [0, 0.05) is 18.5 Å². The molecule has 0 bridgehead atoms. The normalized spacial score (nSPS) is 20.8. The van der Waals surface area contributed by atoms with Crippen molar-refractivity contribution in [3.05, 3.63) is 24.3 Å². The SMILES string of the molecule is COC(=O)[C@H]1C[C@H](NS(=O)(=O)CCCCl)CN1S(=O)(=O)c1ccc(OC)cc1. The smallest absolute Gasteiger partial charge is 0.324 e. The second-order valence-electron chi connectivity index (χ2n) is 6.20. The van der Waals surface area contributed by atoms with Crippen molar-refractivity contribution in [2.45, 2.75) is 29.8 Å². The number of hydrogen-bond acceptors (Lipinski definition) is 7. The Labute approximate surface area is 170 Å². The van der Waals surface area contributed by atoms with Gasteiger partial charge in [0.2, 0.25) is 20.0 Å². The van der Waals surface area contributed by atoms with E-state index < -0.39 is 38.1 Å². The summed E-state index contributed by atoms with van der Waals surface area (Å²) in [6.45, 7) is -0.186. The Bertz CT molecular complexity index is 888. The van der Waals surface area contributed by atoms with E-state index in [4.69, 9.17) is 21.1 Å². The summed E-state index contributed by atoms with van der Waals surface area (Å²) in [6, 6.07) is 3.82. The first-order valence-electron chi connectivity index (χ1n) is 8.44. The predicted molar refractivity (Wildman–Crippen MR) is 103 cm³/mol. The highest BCUT2D eigenvalue weighted by Crippen LogP contribution is 2.28. The standard InChI is InChI=1S/C16H23ClN2O7S2/c1-25-13-4-6-14(7-5-13)28(23,24)19-11-12(10-15(19)16(20)26-2)18-27(21,22)9-3-8-17/h4-7,12,15,18H,3,8-11H2,1-2H3/t12-,15+/m0/s1. The largest absolute Gasteiger partial charge is 0.497 e. The topological polar surface area (TPSA) is 119 Å². The van der Waals surface area contributed by atoms with Gasteiger partial charge in [-0.2, -0.15) is 4.31 Å². The highest BCUT2D eigenvalue weighted by Gasteiger charge is 2.45. The van der Waals surface area contributed by atoms with Crippen LogP contribution in [0.5, 0.6) is 5.75 Å². The molecule has 0 unspecified atom stereocenters. The summed E-state index contributed by atoms with van der Waals surface area (Å²) < 4.78 is 63.5. The Kier molecular flexibility index (Phi) is 7.68. The molecule has 28 heavy (non-hydrogen) atoms. The van der Waals surface area contributed by atoms with Crippen LogP contribution in [-0.4, -0.2) is 71.6 Å². The van der Waals surface area contributed by atoms with Crippen molar-refractivity contribution in [2.24, 2.45) is 0 Å². The molecular formula is C16H23ClN2O7S2. The molecule has 0 aromatic heterocycles. The number of carbonyl (C=O) groups is 1. The molecule has 1 fully saturated rings. The minimum atomic E-state index is -4.05. The van der Waals surface area contributed by atoms with E-state index in [9.17, 15) is 21.6 Å². The zero-order valence-corrected chi connectivity index (χ0v) is 17.9. The molecule has 2 atom stereocenters. The Morgan fingerprint density at radius 2 is 1.86 bits per heavy atom. The van der Waals surface area contributed by atoms with Gasteiger partial charge in [0.05, 0.1) is 24.9 Å². The number of ether oxygens (including phenoxy) is 2. The maximum atomic E-state index is 13.0. The molecule has 1 aliphatic heterocycles. The highest BCUT2D eigenvalue weighted by molar-refractivity contribution is 7.89. The number of carbonyl (C=O) groups excluding carboxylic acids is 1. The van der Waals surface area contributed by atoms with Crippen LogP contribution >= 0.6 is 11.6 Å². The maximum Gasteiger partial charge on any atom is 0.324 e. The van der Waals surface area contributed by atoms with Crippen LogP contribution in [0.4, 0.5) is 0 Å². The summed E-state index contributed by atoms with van der Waals surface area (Å²) in [5.41, 5.74) is 0. The predicted octanol–water partition coefficient (Wildman–Crippen LogP) is 0.548. The zero-order chi connectivity index (χ0) is 20.9. The van der Waals surface area contributed by atoms with Crippen LogP contribution in [-0.2, 0) is 29.6 Å². The lowest BCUT2D eigenvalue weighted by Gasteiger charge is -2.22. The van der Waals surface area contributed by atoms with E-state index in [1.165, 1.54) is 31.4 Å². The zero-order valence-electron chi connectivity index (χ0n) is 15.5. The van der Waals surface area contributed by atoms with E-state index in [0.29, 0.717) is 5.75 Å². The lowest BCUT2D eigenvalue weighted by Crippen LogP contribution is -2.42. The van der Waals surface area contributed by atoms with Crippen LogP contribution in [0.3, 0.4) is 0 Å². The van der Waals surface area contributed by atoms with Gasteiger partial charge in [-0.05, 0) is 37.1 Å². The van der Waals surface area contributed by atoms with Gasteiger partial charge in [0.15, 0.2) is 0 Å². The highest BCUT2D eigenvalue weighted by atomic mass is 35.5. The van der Waals surface area contributed by atoms with Crippen LogP contribution in [0.25, 0.3) is 0 Å². The molecule has 0 spiro atoms. The first-order chi connectivity index (χ1) is 13.1. The van der Waals surface area contributed by atoms with Crippen LogP contribution in [0, 0.1) is 0 Å². The number of rotatable bonds is 9. The van der Waals surface area contributed by atoms with Gasteiger partial charge < -0.3 is 9.47 Å². The van der Waals surface area contributed by atoms with E-state index in [1.807, 2.05) is 0 Å². The number of alkyl halides is 1. The lowest BCUT2D eigenvalue weighted by atomic mass is 10.2. The van der Waals surface area contributed by atoms with Gasteiger partial charge in [-0.15, -0.1) is 11.6 Å². The molecule has 1 aliphatic rings. The van der Waals surface area contributed by atoms with Gasteiger partial charge >= 0.3 is 5.97 Å². The molecule has 0 radical (unpaired) electrons. The molecule has 2 rings (SSSR count). The Hall–Kier alpha value is -1.40. The third-order valence-corrected chi connectivity index (χ3v) is 7.96. The summed E-state index contributed by atoms with van der Waals surface area (Å²) >= 11 is 5.53. The van der Waals surface area contributed by atoms with Crippen molar-refractivity contribution < 1.29 is 31.1 Å². The third kappa shape index (κ3) is 5.35. The number of sulfonamides is 2. The number of esters is 1. The minimum Gasteiger partial charge on any atom is -0.497 e. The van der Waals surface area contributed by atoms with E-state index in [1.54, 1.807) is 0 Å².